The van der Waals surface area contributed by atoms with Gasteiger partial charge in [0.2, 0.25) is 0 Å². The molecule has 2 rings (SSSR count). The number of morpholine rings is 1. The van der Waals surface area contributed by atoms with Gasteiger partial charge in [-0.25, -0.2) is 4.98 Å². The molecule has 0 N–H and O–H groups in total. The summed E-state index contributed by atoms with van der Waals surface area (Å²) >= 11 is 5.90. The maximum absolute atomic E-state index is 8.91. The highest BCUT2D eigenvalue weighted by atomic mass is 35.5. The van der Waals surface area contributed by atoms with Crippen LogP contribution in [0.4, 0.5) is 5.82 Å². The van der Waals surface area contributed by atoms with Crippen molar-refractivity contribution >= 4 is 17.4 Å². The van der Waals surface area contributed by atoms with E-state index in [2.05, 4.69) is 16.0 Å². The minimum absolute atomic E-state index is 0.157. The van der Waals surface area contributed by atoms with E-state index in [9.17, 15) is 0 Å². The lowest BCUT2D eigenvalue weighted by Gasteiger charge is -2.36. The number of nitriles is 1. The van der Waals surface area contributed by atoms with Gasteiger partial charge in [0.1, 0.15) is 11.0 Å². The van der Waals surface area contributed by atoms with E-state index in [1.807, 2.05) is 13.8 Å². The van der Waals surface area contributed by atoms with Gasteiger partial charge in [-0.15, -0.1) is 0 Å². The minimum atomic E-state index is 0.157. The smallest absolute Gasteiger partial charge is 0.132 e. The van der Waals surface area contributed by atoms with E-state index in [0.717, 1.165) is 18.9 Å². The molecule has 0 aromatic carbocycles. The van der Waals surface area contributed by atoms with Gasteiger partial charge in [-0.05, 0) is 26.0 Å². The topological polar surface area (TPSA) is 49.2 Å². The molecule has 2 unspecified atom stereocenters. The summed E-state index contributed by atoms with van der Waals surface area (Å²) in [5.41, 5.74) is 0.534. The second kappa shape index (κ2) is 4.91. The number of hydrogen-bond acceptors (Lipinski definition) is 4. The molecule has 0 bridgehead atoms. The summed E-state index contributed by atoms with van der Waals surface area (Å²) in [5.74, 6) is 0.746. The number of nitrogens with zero attached hydrogens (tertiary/aromatic N) is 3. The predicted octanol–water partition coefficient (Wildman–Crippen LogP) is 2.22. The van der Waals surface area contributed by atoms with Crippen molar-refractivity contribution in [1.29, 1.82) is 5.26 Å². The van der Waals surface area contributed by atoms with Crippen LogP contribution in [0.1, 0.15) is 19.4 Å². The highest BCUT2D eigenvalue weighted by molar-refractivity contribution is 6.29. The SMILES string of the molecule is CC1CN(c2cc(C#N)cc(Cl)n2)CC(C)O1. The Morgan fingerprint density at radius 1 is 1.41 bits per heavy atom. The monoisotopic (exact) mass is 251 g/mol. The Labute approximate surface area is 106 Å². The first kappa shape index (κ1) is 12.2. The number of rotatable bonds is 1. The van der Waals surface area contributed by atoms with Gasteiger partial charge >= 0.3 is 0 Å². The summed E-state index contributed by atoms with van der Waals surface area (Å²) in [4.78, 5) is 6.36. The molecule has 1 aliphatic rings. The molecule has 2 atom stereocenters. The number of halogens is 1. The standard InChI is InChI=1S/C12H14ClN3O/c1-8-6-16(7-9(2)17-8)12-4-10(5-14)3-11(13)15-12/h3-4,8-9H,6-7H2,1-2H3. The zero-order valence-corrected chi connectivity index (χ0v) is 10.6. The Bertz CT molecular complexity index is 448. The first-order valence-electron chi connectivity index (χ1n) is 5.56. The first-order valence-corrected chi connectivity index (χ1v) is 5.94. The lowest BCUT2D eigenvalue weighted by molar-refractivity contribution is -0.00545. The van der Waals surface area contributed by atoms with Crippen molar-refractivity contribution in [3.05, 3.63) is 22.8 Å². The van der Waals surface area contributed by atoms with Gasteiger partial charge in [-0.1, -0.05) is 11.6 Å². The fourth-order valence-corrected chi connectivity index (χ4v) is 2.28. The Kier molecular flexibility index (Phi) is 3.51. The average Bonchev–Trinajstić information content (AvgIpc) is 2.26. The van der Waals surface area contributed by atoms with Crippen LogP contribution in [0.2, 0.25) is 5.15 Å². The van der Waals surface area contributed by atoms with Crippen molar-refractivity contribution in [2.75, 3.05) is 18.0 Å². The van der Waals surface area contributed by atoms with E-state index in [0.29, 0.717) is 10.7 Å². The van der Waals surface area contributed by atoms with Crippen molar-refractivity contribution in [3.8, 4) is 6.07 Å². The zero-order valence-electron chi connectivity index (χ0n) is 9.85. The third kappa shape index (κ3) is 2.87. The molecule has 1 aliphatic heterocycles. The van der Waals surface area contributed by atoms with Crippen molar-refractivity contribution in [2.45, 2.75) is 26.1 Å². The maximum atomic E-state index is 8.91. The Morgan fingerprint density at radius 3 is 2.65 bits per heavy atom. The second-order valence-electron chi connectivity index (χ2n) is 4.31. The van der Waals surface area contributed by atoms with Crippen LogP contribution in [-0.4, -0.2) is 30.3 Å². The summed E-state index contributed by atoms with van der Waals surface area (Å²) in [7, 11) is 0. The third-order valence-corrected chi connectivity index (χ3v) is 2.85. The fraction of sp³-hybridized carbons (Fsp3) is 0.500. The van der Waals surface area contributed by atoms with Crippen molar-refractivity contribution in [1.82, 2.24) is 4.98 Å². The van der Waals surface area contributed by atoms with Crippen LogP contribution in [0.25, 0.3) is 0 Å². The quantitative estimate of drug-likeness (QED) is 0.718. The van der Waals surface area contributed by atoms with E-state index in [-0.39, 0.29) is 12.2 Å². The second-order valence-corrected chi connectivity index (χ2v) is 4.70. The zero-order chi connectivity index (χ0) is 12.4. The maximum Gasteiger partial charge on any atom is 0.132 e. The van der Waals surface area contributed by atoms with Crippen LogP contribution in [0, 0.1) is 11.3 Å². The molecular weight excluding hydrogens is 238 g/mol. The predicted molar refractivity (Wildman–Crippen MR) is 66.2 cm³/mol. The highest BCUT2D eigenvalue weighted by Crippen LogP contribution is 2.21. The number of pyridine rings is 1. The Morgan fingerprint density at radius 2 is 2.06 bits per heavy atom. The Hall–Kier alpha value is -1.31. The van der Waals surface area contributed by atoms with Crippen LogP contribution in [0.5, 0.6) is 0 Å². The molecule has 90 valence electrons. The van der Waals surface area contributed by atoms with Gasteiger partial charge in [-0.2, -0.15) is 5.26 Å². The normalized spacial score (nSPS) is 24.5. The highest BCUT2D eigenvalue weighted by Gasteiger charge is 2.23. The molecule has 1 aromatic rings. The van der Waals surface area contributed by atoms with Gasteiger partial charge < -0.3 is 9.64 Å². The molecule has 1 fully saturated rings. The van der Waals surface area contributed by atoms with Crippen LogP contribution in [0.3, 0.4) is 0 Å². The van der Waals surface area contributed by atoms with E-state index < -0.39 is 0 Å². The molecule has 5 heteroatoms. The molecule has 0 radical (unpaired) electrons. The van der Waals surface area contributed by atoms with Gasteiger partial charge in [-0.3, -0.25) is 0 Å². The molecule has 0 amide bonds. The molecule has 1 aromatic heterocycles. The third-order valence-electron chi connectivity index (χ3n) is 2.65. The first-order chi connectivity index (χ1) is 8.08. The summed E-state index contributed by atoms with van der Waals surface area (Å²) in [6, 6.07) is 5.42. The van der Waals surface area contributed by atoms with Gasteiger partial charge in [0.15, 0.2) is 0 Å². The van der Waals surface area contributed by atoms with Crippen LogP contribution in [-0.2, 0) is 4.74 Å². The van der Waals surface area contributed by atoms with Crippen LogP contribution < -0.4 is 4.90 Å². The molecule has 0 saturated carbocycles. The van der Waals surface area contributed by atoms with Gasteiger partial charge in [0.25, 0.3) is 0 Å². The number of hydrogen-bond donors (Lipinski definition) is 0. The summed E-state index contributed by atoms with van der Waals surface area (Å²) in [6.07, 6.45) is 0.315. The lowest BCUT2D eigenvalue weighted by atomic mass is 10.2. The van der Waals surface area contributed by atoms with E-state index in [1.54, 1.807) is 12.1 Å². The number of ether oxygens (including phenoxy) is 1. The molecule has 4 nitrogen and oxygen atoms in total. The van der Waals surface area contributed by atoms with Crippen molar-refractivity contribution in [3.63, 3.8) is 0 Å². The molecule has 1 saturated heterocycles. The largest absolute Gasteiger partial charge is 0.372 e. The van der Waals surface area contributed by atoms with E-state index in [1.165, 1.54) is 0 Å². The van der Waals surface area contributed by atoms with E-state index >= 15 is 0 Å². The lowest BCUT2D eigenvalue weighted by Crippen LogP contribution is -2.45. The number of anilines is 1. The Balaban J connectivity index is 2.27. The van der Waals surface area contributed by atoms with Gasteiger partial charge in [0.05, 0.1) is 23.8 Å². The van der Waals surface area contributed by atoms with E-state index in [4.69, 9.17) is 21.6 Å². The molecule has 17 heavy (non-hydrogen) atoms. The van der Waals surface area contributed by atoms with Crippen LogP contribution >= 0.6 is 11.6 Å². The number of aromatic nitrogens is 1. The van der Waals surface area contributed by atoms with Crippen molar-refractivity contribution < 1.29 is 4.74 Å². The molecule has 0 spiro atoms. The van der Waals surface area contributed by atoms with Gasteiger partial charge in [0, 0.05) is 13.1 Å². The summed E-state index contributed by atoms with van der Waals surface area (Å²) < 4.78 is 5.66. The molecular formula is C12H14ClN3O. The minimum Gasteiger partial charge on any atom is -0.372 e. The summed E-state index contributed by atoms with van der Waals surface area (Å²) in [5, 5.41) is 9.26. The molecule has 0 aliphatic carbocycles. The van der Waals surface area contributed by atoms with Crippen molar-refractivity contribution in [2.24, 2.45) is 0 Å². The fourth-order valence-electron chi connectivity index (χ4n) is 2.07. The van der Waals surface area contributed by atoms with Crippen LogP contribution in [0.15, 0.2) is 12.1 Å². The summed E-state index contributed by atoms with van der Waals surface area (Å²) in [6.45, 7) is 5.59. The average molecular weight is 252 g/mol. The molecule has 2 heterocycles.